The monoisotopic (exact) mass is 306 g/mol. The molecule has 0 bridgehead atoms. The normalized spacial score (nSPS) is 11.1. The van der Waals surface area contributed by atoms with Crippen LogP contribution in [-0.2, 0) is 16.1 Å². The molecule has 0 saturated heterocycles. The number of hydrogen-bond acceptors (Lipinski definition) is 3. The third kappa shape index (κ3) is 5.85. The van der Waals surface area contributed by atoms with Gasteiger partial charge in [-0.2, -0.15) is 0 Å². The Kier molecular flexibility index (Phi) is 6.56. The van der Waals surface area contributed by atoms with E-state index in [1.165, 1.54) is 4.90 Å². The maximum absolute atomic E-state index is 12.5. The molecule has 5 nitrogen and oxygen atoms in total. The molecule has 22 heavy (non-hydrogen) atoms. The van der Waals surface area contributed by atoms with Crippen molar-refractivity contribution in [3.63, 3.8) is 0 Å². The Morgan fingerprint density at radius 3 is 2.23 bits per heavy atom. The molecule has 122 valence electrons. The van der Waals surface area contributed by atoms with Crippen molar-refractivity contribution in [2.45, 2.75) is 39.8 Å². The van der Waals surface area contributed by atoms with E-state index in [4.69, 9.17) is 4.74 Å². The van der Waals surface area contributed by atoms with Crippen LogP contribution < -0.4 is 5.32 Å². The predicted octanol–water partition coefficient (Wildman–Crippen LogP) is 2.21. The number of carbonyl (C=O) groups excluding carboxylic acids is 2. The summed E-state index contributed by atoms with van der Waals surface area (Å²) in [4.78, 5) is 26.0. The van der Waals surface area contributed by atoms with Crippen molar-refractivity contribution in [2.24, 2.45) is 0 Å². The molecule has 0 heterocycles. The first kappa shape index (κ1) is 18.2. The summed E-state index contributed by atoms with van der Waals surface area (Å²) in [6, 6.07) is 7.25. The first-order valence-corrected chi connectivity index (χ1v) is 7.45. The van der Waals surface area contributed by atoms with Crippen LogP contribution in [0, 0.1) is 0 Å². The van der Waals surface area contributed by atoms with Gasteiger partial charge in [-0.1, -0.05) is 12.1 Å². The van der Waals surface area contributed by atoms with Crippen LogP contribution in [0.15, 0.2) is 24.3 Å². The van der Waals surface area contributed by atoms with E-state index in [1.54, 1.807) is 19.2 Å². The number of ether oxygens (including phenoxy) is 1. The van der Waals surface area contributed by atoms with E-state index < -0.39 is 0 Å². The van der Waals surface area contributed by atoms with Gasteiger partial charge in [0.2, 0.25) is 5.91 Å². The molecule has 1 aromatic rings. The minimum atomic E-state index is -0.304. The summed E-state index contributed by atoms with van der Waals surface area (Å²) in [5.74, 6) is -0.297. The Labute approximate surface area is 132 Å². The van der Waals surface area contributed by atoms with Gasteiger partial charge >= 0.3 is 0 Å². The summed E-state index contributed by atoms with van der Waals surface area (Å²) in [5.41, 5.74) is 1.28. The van der Waals surface area contributed by atoms with E-state index in [1.807, 2.05) is 39.8 Å². The minimum Gasteiger partial charge on any atom is -0.380 e. The smallest absolute Gasteiger partial charge is 0.254 e. The first-order chi connectivity index (χ1) is 10.3. The Morgan fingerprint density at radius 2 is 1.77 bits per heavy atom. The van der Waals surface area contributed by atoms with Crippen LogP contribution in [0.3, 0.4) is 0 Å². The van der Waals surface area contributed by atoms with E-state index in [-0.39, 0.29) is 23.9 Å². The van der Waals surface area contributed by atoms with Crippen molar-refractivity contribution < 1.29 is 14.3 Å². The van der Waals surface area contributed by atoms with E-state index >= 15 is 0 Å². The lowest BCUT2D eigenvalue weighted by Gasteiger charge is -2.25. The minimum absolute atomic E-state index is 0.0619. The summed E-state index contributed by atoms with van der Waals surface area (Å²) >= 11 is 0. The van der Waals surface area contributed by atoms with Gasteiger partial charge in [-0.15, -0.1) is 0 Å². The van der Waals surface area contributed by atoms with Crippen molar-refractivity contribution in [3.8, 4) is 0 Å². The zero-order valence-electron chi connectivity index (χ0n) is 14.1. The number of hydrogen-bond donors (Lipinski definition) is 1. The molecule has 0 saturated carbocycles. The summed E-state index contributed by atoms with van der Waals surface area (Å²) in [6.07, 6.45) is 0. The Hall–Kier alpha value is -1.88. The van der Waals surface area contributed by atoms with Crippen LogP contribution in [0.1, 0.15) is 43.6 Å². The number of likely N-dealkylation sites (N-methyl/N-ethyl adjacent to an activating group) is 1. The van der Waals surface area contributed by atoms with Gasteiger partial charge in [-0.05, 0) is 45.4 Å². The summed E-state index contributed by atoms with van der Waals surface area (Å²) in [6.45, 7) is 8.66. The third-order valence-electron chi connectivity index (χ3n) is 3.03. The van der Waals surface area contributed by atoms with Gasteiger partial charge in [-0.25, -0.2) is 0 Å². The summed E-state index contributed by atoms with van der Waals surface area (Å²) in [5, 5.41) is 2.87. The molecule has 0 aromatic heterocycles. The highest BCUT2D eigenvalue weighted by Gasteiger charge is 2.20. The van der Waals surface area contributed by atoms with E-state index in [0.29, 0.717) is 18.7 Å². The van der Waals surface area contributed by atoms with Gasteiger partial charge < -0.3 is 15.0 Å². The van der Waals surface area contributed by atoms with Gasteiger partial charge in [0.25, 0.3) is 5.91 Å². The molecule has 0 aliphatic rings. The second kappa shape index (κ2) is 7.94. The molecule has 0 radical (unpaired) electrons. The molecule has 0 fully saturated rings. The molecule has 5 heteroatoms. The topological polar surface area (TPSA) is 58.6 Å². The highest BCUT2D eigenvalue weighted by Crippen LogP contribution is 2.09. The standard InChI is InChI=1S/C17H26N2O3/c1-6-19(11-15(20)18-17(2,3)4)16(21)14-9-7-13(8-10-14)12-22-5/h7-10H,6,11-12H2,1-5H3,(H,18,20). The van der Waals surface area contributed by atoms with Crippen molar-refractivity contribution in [1.29, 1.82) is 0 Å². The van der Waals surface area contributed by atoms with Gasteiger partial charge in [-0.3, -0.25) is 9.59 Å². The molecule has 1 aromatic carbocycles. The van der Waals surface area contributed by atoms with Gasteiger partial charge in [0.15, 0.2) is 0 Å². The lowest BCUT2D eigenvalue weighted by Crippen LogP contribution is -2.47. The molecule has 0 spiro atoms. The fraction of sp³-hybridized carbons (Fsp3) is 0.529. The maximum atomic E-state index is 12.5. The van der Waals surface area contributed by atoms with Crippen LogP contribution in [-0.4, -0.2) is 42.5 Å². The van der Waals surface area contributed by atoms with Crippen molar-refractivity contribution in [1.82, 2.24) is 10.2 Å². The molecule has 0 unspecified atom stereocenters. The maximum Gasteiger partial charge on any atom is 0.254 e. The zero-order valence-corrected chi connectivity index (χ0v) is 14.1. The number of rotatable bonds is 6. The summed E-state index contributed by atoms with van der Waals surface area (Å²) < 4.78 is 5.05. The third-order valence-corrected chi connectivity index (χ3v) is 3.03. The van der Waals surface area contributed by atoms with E-state index in [9.17, 15) is 9.59 Å². The van der Waals surface area contributed by atoms with Gasteiger partial charge in [0, 0.05) is 24.8 Å². The number of methoxy groups -OCH3 is 1. The number of nitrogens with one attached hydrogen (secondary N) is 1. The second-order valence-electron chi connectivity index (χ2n) is 6.25. The quantitative estimate of drug-likeness (QED) is 0.876. The Bertz CT molecular complexity index is 504. The SMILES string of the molecule is CCN(CC(=O)NC(C)(C)C)C(=O)c1ccc(COC)cc1. The molecule has 0 atom stereocenters. The Morgan fingerprint density at radius 1 is 1.18 bits per heavy atom. The van der Waals surface area contributed by atoms with E-state index in [2.05, 4.69) is 5.32 Å². The molecule has 1 rings (SSSR count). The molecule has 1 N–H and O–H groups in total. The van der Waals surface area contributed by atoms with Gasteiger partial charge in [0.1, 0.15) is 0 Å². The van der Waals surface area contributed by atoms with Crippen LogP contribution in [0.4, 0.5) is 0 Å². The van der Waals surface area contributed by atoms with Crippen LogP contribution in [0.2, 0.25) is 0 Å². The number of benzene rings is 1. The van der Waals surface area contributed by atoms with Crippen molar-refractivity contribution in [3.05, 3.63) is 35.4 Å². The van der Waals surface area contributed by atoms with Crippen LogP contribution >= 0.6 is 0 Å². The van der Waals surface area contributed by atoms with Crippen molar-refractivity contribution >= 4 is 11.8 Å². The van der Waals surface area contributed by atoms with Gasteiger partial charge in [0.05, 0.1) is 13.2 Å². The lowest BCUT2D eigenvalue weighted by molar-refractivity contribution is -0.123. The van der Waals surface area contributed by atoms with Crippen LogP contribution in [0.5, 0.6) is 0 Å². The number of nitrogens with zero attached hydrogens (tertiary/aromatic N) is 1. The second-order valence-corrected chi connectivity index (χ2v) is 6.25. The highest BCUT2D eigenvalue weighted by atomic mass is 16.5. The molecular weight excluding hydrogens is 280 g/mol. The molecular formula is C17H26N2O3. The average Bonchev–Trinajstić information content (AvgIpc) is 2.43. The largest absolute Gasteiger partial charge is 0.380 e. The van der Waals surface area contributed by atoms with E-state index in [0.717, 1.165) is 5.56 Å². The summed E-state index contributed by atoms with van der Waals surface area (Å²) in [7, 11) is 1.63. The Balaban J connectivity index is 2.73. The number of amides is 2. The van der Waals surface area contributed by atoms with Crippen LogP contribution in [0.25, 0.3) is 0 Å². The first-order valence-electron chi connectivity index (χ1n) is 7.45. The van der Waals surface area contributed by atoms with Crippen molar-refractivity contribution in [2.75, 3.05) is 20.2 Å². The molecule has 0 aliphatic carbocycles. The predicted molar refractivity (Wildman–Crippen MR) is 86.6 cm³/mol. The fourth-order valence-corrected chi connectivity index (χ4v) is 2.05. The average molecular weight is 306 g/mol. The zero-order chi connectivity index (χ0) is 16.8. The lowest BCUT2D eigenvalue weighted by atomic mass is 10.1. The highest BCUT2D eigenvalue weighted by molar-refractivity contribution is 5.96. The fourth-order valence-electron chi connectivity index (χ4n) is 2.05. The molecule has 2 amide bonds. The molecule has 0 aliphatic heterocycles. The number of carbonyl (C=O) groups is 2.